The van der Waals surface area contributed by atoms with E-state index in [2.05, 4.69) is 4.85 Å². The fourth-order valence-electron chi connectivity index (χ4n) is 4.46. The number of amides is 2. The number of carbonyl (C=O) groups is 2. The van der Waals surface area contributed by atoms with Crippen LogP contribution < -0.4 is 9.47 Å². The molecule has 4 fully saturated rings. The molecule has 28 heavy (non-hydrogen) atoms. The Labute approximate surface area is 174 Å². The predicted octanol–water partition coefficient (Wildman–Crippen LogP) is 3.29. The van der Waals surface area contributed by atoms with Crippen molar-refractivity contribution in [1.29, 1.82) is 0 Å². The zero-order valence-electron chi connectivity index (χ0n) is 15.4. The van der Waals surface area contributed by atoms with E-state index in [1.807, 2.05) is 19.1 Å². The van der Waals surface area contributed by atoms with Gasteiger partial charge in [0, 0.05) is 14.0 Å². The standard InChI is InChI=1S/C18H17N3O4S3/c1-16(19-3)8-18-15(23)20(4)17(2,26-28-27-18)14(22)21(18)13(16)10-5-6-11-12(7-10)25-9-24-11/h5-7,13H,8-9H2,1-2,4H3/t13-,16-,17+,18-/m0/s1. The summed E-state index contributed by atoms with van der Waals surface area (Å²) in [7, 11) is 5.93. The minimum Gasteiger partial charge on any atom is -0.454 e. The van der Waals surface area contributed by atoms with Gasteiger partial charge in [-0.25, -0.2) is 6.57 Å². The Morgan fingerprint density at radius 1 is 1.18 bits per heavy atom. The molecule has 5 aliphatic rings. The molecule has 6 rings (SSSR count). The van der Waals surface area contributed by atoms with Crippen molar-refractivity contribution < 1.29 is 19.1 Å². The second-order valence-electron chi connectivity index (χ2n) is 7.70. The summed E-state index contributed by atoms with van der Waals surface area (Å²) >= 11 is 0. The van der Waals surface area contributed by atoms with Crippen LogP contribution in [0.25, 0.3) is 4.85 Å². The molecule has 5 heterocycles. The first-order valence-electron chi connectivity index (χ1n) is 8.70. The highest BCUT2D eigenvalue weighted by Crippen LogP contribution is 2.68. The lowest BCUT2D eigenvalue weighted by atomic mass is 9.87. The third-order valence-corrected chi connectivity index (χ3v) is 11.2. The largest absolute Gasteiger partial charge is 0.454 e. The van der Waals surface area contributed by atoms with E-state index in [9.17, 15) is 9.59 Å². The molecule has 2 bridgehead atoms. The van der Waals surface area contributed by atoms with Crippen molar-refractivity contribution >= 4 is 43.2 Å². The first kappa shape index (κ1) is 18.3. The Kier molecular flexibility index (Phi) is 3.72. The van der Waals surface area contributed by atoms with Crippen LogP contribution in [-0.4, -0.2) is 50.7 Å². The molecule has 2 amide bonds. The van der Waals surface area contributed by atoms with E-state index in [0.29, 0.717) is 11.5 Å². The summed E-state index contributed by atoms with van der Waals surface area (Å²) in [6.45, 7) is 11.7. The molecule has 1 aromatic rings. The van der Waals surface area contributed by atoms with Gasteiger partial charge in [-0.1, -0.05) is 6.07 Å². The number of rotatable bonds is 1. The van der Waals surface area contributed by atoms with Crippen molar-refractivity contribution in [2.45, 2.75) is 41.6 Å². The second-order valence-corrected chi connectivity index (χ2v) is 12.3. The maximum absolute atomic E-state index is 13.7. The zero-order valence-corrected chi connectivity index (χ0v) is 17.9. The van der Waals surface area contributed by atoms with Gasteiger partial charge < -0.3 is 24.1 Å². The zero-order chi connectivity index (χ0) is 19.9. The van der Waals surface area contributed by atoms with Gasteiger partial charge in [0.05, 0.1) is 6.42 Å². The van der Waals surface area contributed by atoms with Gasteiger partial charge in [-0.15, -0.1) is 0 Å². The molecule has 0 radical (unpaired) electrons. The van der Waals surface area contributed by atoms with E-state index in [1.54, 1.807) is 29.8 Å². The molecule has 146 valence electrons. The van der Waals surface area contributed by atoms with Crippen LogP contribution in [0.3, 0.4) is 0 Å². The summed E-state index contributed by atoms with van der Waals surface area (Å²) in [4.78, 5) is 32.3. The topological polar surface area (TPSA) is 63.4 Å². The van der Waals surface area contributed by atoms with E-state index in [4.69, 9.17) is 16.0 Å². The average Bonchev–Trinajstić information content (AvgIpc) is 3.20. The Morgan fingerprint density at radius 2 is 1.93 bits per heavy atom. The highest BCUT2D eigenvalue weighted by Gasteiger charge is 2.75. The summed E-state index contributed by atoms with van der Waals surface area (Å²) in [5, 5.41) is 0. The van der Waals surface area contributed by atoms with Gasteiger partial charge >= 0.3 is 0 Å². The van der Waals surface area contributed by atoms with Crippen LogP contribution in [0.2, 0.25) is 0 Å². The Morgan fingerprint density at radius 3 is 2.68 bits per heavy atom. The number of hydrogen-bond acceptors (Lipinski definition) is 7. The highest BCUT2D eigenvalue weighted by molar-refractivity contribution is 9.10. The molecule has 0 unspecified atom stereocenters. The molecule has 5 aliphatic heterocycles. The average molecular weight is 436 g/mol. The maximum atomic E-state index is 13.7. The molecule has 4 atom stereocenters. The number of carbonyl (C=O) groups excluding carboxylic acids is 2. The molecule has 0 N–H and O–H groups in total. The molecule has 0 aromatic heterocycles. The van der Waals surface area contributed by atoms with E-state index in [0.717, 1.165) is 5.56 Å². The van der Waals surface area contributed by atoms with Crippen molar-refractivity contribution in [3.8, 4) is 11.5 Å². The van der Waals surface area contributed by atoms with Gasteiger partial charge in [0.25, 0.3) is 17.4 Å². The number of ether oxygens (including phenoxy) is 2. The third-order valence-electron chi connectivity index (χ3n) is 6.06. The van der Waals surface area contributed by atoms with Gasteiger partial charge in [0.2, 0.25) is 6.79 Å². The lowest BCUT2D eigenvalue weighted by molar-refractivity contribution is -0.163. The third kappa shape index (κ3) is 2.05. The molecule has 1 spiro atoms. The molecule has 4 saturated heterocycles. The van der Waals surface area contributed by atoms with Gasteiger partial charge in [-0.2, -0.15) is 0 Å². The van der Waals surface area contributed by atoms with Gasteiger partial charge in [-0.05, 0) is 56.0 Å². The fourth-order valence-corrected chi connectivity index (χ4v) is 10.5. The van der Waals surface area contributed by atoms with Crippen molar-refractivity contribution in [3.05, 3.63) is 35.2 Å². The SMILES string of the molecule is [C-]#[N+][C@@]1(C)C[C@@]23SSS[C@](C)(C(=O)N2[C@H]1c1ccc2c(c1)OCO2)N(C)C3=O. The smallest absolute Gasteiger partial charge is 0.262 e. The van der Waals surface area contributed by atoms with Crippen LogP contribution in [0.1, 0.15) is 31.9 Å². The van der Waals surface area contributed by atoms with E-state index in [1.165, 1.54) is 31.4 Å². The van der Waals surface area contributed by atoms with Crippen molar-refractivity contribution in [2.24, 2.45) is 0 Å². The number of benzene rings is 1. The first-order chi connectivity index (χ1) is 13.3. The normalized spacial score (nSPS) is 38.4. The minimum absolute atomic E-state index is 0.116. The van der Waals surface area contributed by atoms with Crippen LogP contribution in [0.15, 0.2) is 18.2 Å². The molecule has 7 nitrogen and oxygen atoms in total. The van der Waals surface area contributed by atoms with E-state index in [-0.39, 0.29) is 25.0 Å². The summed E-state index contributed by atoms with van der Waals surface area (Å²) in [6, 6.07) is 4.96. The Balaban J connectivity index is 1.72. The first-order valence-corrected chi connectivity index (χ1v) is 12.2. The highest BCUT2D eigenvalue weighted by atomic mass is 33.5. The molecule has 10 heteroatoms. The number of piperazine rings is 1. The fraction of sp³-hybridized carbons (Fsp3) is 0.500. The monoisotopic (exact) mass is 435 g/mol. The van der Waals surface area contributed by atoms with Crippen LogP contribution in [0.5, 0.6) is 11.5 Å². The molecular weight excluding hydrogens is 418 g/mol. The lowest BCUT2D eigenvalue weighted by Crippen LogP contribution is -2.69. The number of fused-ring (bicyclic) bond motifs is 4. The van der Waals surface area contributed by atoms with Crippen LogP contribution in [-0.2, 0) is 9.59 Å². The number of likely N-dealkylation sites (N-methyl/N-ethyl adjacent to an activating group) is 1. The Hall–Kier alpha value is -1.70. The Bertz CT molecular complexity index is 968. The lowest BCUT2D eigenvalue weighted by Gasteiger charge is -2.49. The summed E-state index contributed by atoms with van der Waals surface area (Å²) in [6.07, 6.45) is 0.284. The number of nitrogens with zero attached hydrogens (tertiary/aromatic N) is 3. The molecular formula is C18H17N3O4S3. The molecule has 0 aliphatic carbocycles. The molecule has 0 saturated carbocycles. The van der Waals surface area contributed by atoms with Crippen molar-refractivity contribution in [3.63, 3.8) is 0 Å². The van der Waals surface area contributed by atoms with Gasteiger partial charge in [0.1, 0.15) is 6.04 Å². The quantitative estimate of drug-likeness (QED) is 0.495. The number of hydrogen-bond donors (Lipinski definition) is 0. The van der Waals surface area contributed by atoms with E-state index >= 15 is 0 Å². The summed E-state index contributed by atoms with van der Waals surface area (Å²) in [5.74, 6) is 1.000. The van der Waals surface area contributed by atoms with Gasteiger partial charge in [0.15, 0.2) is 21.2 Å². The van der Waals surface area contributed by atoms with Crippen LogP contribution in [0.4, 0.5) is 0 Å². The minimum atomic E-state index is -1.08. The summed E-state index contributed by atoms with van der Waals surface area (Å²) < 4.78 is 10.9. The van der Waals surface area contributed by atoms with Crippen LogP contribution >= 0.6 is 31.4 Å². The summed E-state index contributed by atoms with van der Waals surface area (Å²) in [5.41, 5.74) is -0.143. The van der Waals surface area contributed by atoms with Crippen molar-refractivity contribution in [1.82, 2.24) is 9.80 Å². The van der Waals surface area contributed by atoms with E-state index < -0.39 is 21.3 Å². The van der Waals surface area contributed by atoms with Crippen molar-refractivity contribution in [2.75, 3.05) is 13.8 Å². The second kappa shape index (κ2) is 5.68. The van der Waals surface area contributed by atoms with Crippen LogP contribution in [0, 0.1) is 6.57 Å². The van der Waals surface area contributed by atoms with Gasteiger partial charge in [-0.3, -0.25) is 9.59 Å². The predicted molar refractivity (Wildman–Crippen MR) is 108 cm³/mol. The maximum Gasteiger partial charge on any atom is 0.262 e. The molecule has 1 aromatic carbocycles.